The maximum absolute atomic E-state index is 12.8. The highest BCUT2D eigenvalue weighted by atomic mass is 79.9. The number of nitrogens with zero attached hydrogens (tertiary/aromatic N) is 1. The Balaban J connectivity index is 1.75. The third-order valence-electron chi connectivity index (χ3n) is 5.33. The van der Waals surface area contributed by atoms with E-state index in [1.165, 1.54) is 19.3 Å². The molecule has 7 nitrogen and oxygen atoms in total. The average molecular weight is 603 g/mol. The van der Waals surface area contributed by atoms with E-state index in [9.17, 15) is 14.9 Å². The zero-order chi connectivity index (χ0) is 27.1. The van der Waals surface area contributed by atoms with E-state index in [2.05, 4.69) is 26.6 Å². The molecule has 0 unspecified atom stereocenters. The lowest BCUT2D eigenvalue weighted by Gasteiger charge is -2.14. The van der Waals surface area contributed by atoms with Gasteiger partial charge < -0.3 is 20.1 Å². The molecular formula is C27H22BrCl2N3O4. The van der Waals surface area contributed by atoms with Crippen LogP contribution in [0.25, 0.3) is 6.08 Å². The molecule has 0 saturated carbocycles. The normalized spacial score (nSPS) is 10.9. The summed E-state index contributed by atoms with van der Waals surface area (Å²) in [5.74, 6) is -0.380. The van der Waals surface area contributed by atoms with Crippen molar-refractivity contribution in [2.24, 2.45) is 0 Å². The minimum absolute atomic E-state index is 0.0930. The molecule has 0 radical (unpaired) electrons. The second-order valence-corrected chi connectivity index (χ2v) is 9.54. The van der Waals surface area contributed by atoms with Gasteiger partial charge in [-0.3, -0.25) is 9.59 Å². The van der Waals surface area contributed by atoms with Crippen LogP contribution in [0.5, 0.6) is 11.5 Å². The van der Waals surface area contributed by atoms with Crippen molar-refractivity contribution >= 4 is 68.4 Å². The molecule has 3 aromatic rings. The van der Waals surface area contributed by atoms with Gasteiger partial charge in [0.05, 0.1) is 21.6 Å². The summed E-state index contributed by atoms with van der Waals surface area (Å²) >= 11 is 15.3. The number of anilines is 2. The molecule has 0 spiro atoms. The Morgan fingerprint density at radius 3 is 2.51 bits per heavy atom. The number of ether oxygens (including phenoxy) is 2. The van der Waals surface area contributed by atoms with E-state index in [1.807, 2.05) is 32.0 Å². The number of aryl methyl sites for hydroxylation is 1. The number of amides is 2. The summed E-state index contributed by atoms with van der Waals surface area (Å²) in [6, 6.07) is 15.5. The number of hydrogen-bond donors (Lipinski definition) is 2. The van der Waals surface area contributed by atoms with Gasteiger partial charge in [-0.2, -0.15) is 5.26 Å². The molecule has 0 fully saturated rings. The van der Waals surface area contributed by atoms with Crippen molar-refractivity contribution in [3.8, 4) is 17.6 Å². The first-order valence-corrected chi connectivity index (χ1v) is 12.4. The minimum atomic E-state index is -0.536. The van der Waals surface area contributed by atoms with Crippen LogP contribution in [0.2, 0.25) is 10.0 Å². The molecule has 2 N–H and O–H groups in total. The van der Waals surface area contributed by atoms with E-state index in [0.717, 1.165) is 11.1 Å². The van der Waals surface area contributed by atoms with E-state index in [-0.39, 0.29) is 17.9 Å². The van der Waals surface area contributed by atoms with Gasteiger partial charge in [0.15, 0.2) is 18.1 Å². The fraction of sp³-hybridized carbons (Fsp3) is 0.148. The van der Waals surface area contributed by atoms with Crippen molar-refractivity contribution in [2.45, 2.75) is 13.8 Å². The molecule has 0 aliphatic carbocycles. The molecule has 0 heterocycles. The first-order chi connectivity index (χ1) is 17.6. The van der Waals surface area contributed by atoms with Gasteiger partial charge in [-0.25, -0.2) is 0 Å². The summed E-state index contributed by atoms with van der Waals surface area (Å²) in [5, 5.41) is 15.7. The Labute approximate surface area is 233 Å². The number of benzene rings is 3. The Hall–Kier alpha value is -3.51. The molecule has 0 atom stereocenters. The second-order valence-electron chi connectivity index (χ2n) is 7.87. The number of halogens is 3. The maximum atomic E-state index is 12.8. The fourth-order valence-corrected chi connectivity index (χ4v) is 4.14. The predicted molar refractivity (Wildman–Crippen MR) is 149 cm³/mol. The summed E-state index contributed by atoms with van der Waals surface area (Å²) in [4.78, 5) is 25.1. The number of nitriles is 1. The van der Waals surface area contributed by atoms with Crippen LogP contribution in [0.15, 0.2) is 58.6 Å². The Kier molecular flexibility index (Phi) is 9.59. The molecule has 190 valence electrons. The minimum Gasteiger partial charge on any atom is -0.493 e. The van der Waals surface area contributed by atoms with Crippen LogP contribution < -0.4 is 20.1 Å². The number of nitrogens with one attached hydrogen (secondary N) is 2. The van der Waals surface area contributed by atoms with Crippen LogP contribution in [0, 0.1) is 25.2 Å². The van der Waals surface area contributed by atoms with Gasteiger partial charge in [0.1, 0.15) is 11.6 Å². The quantitative estimate of drug-likeness (QED) is 0.215. The maximum Gasteiger partial charge on any atom is 0.266 e. The molecule has 37 heavy (non-hydrogen) atoms. The predicted octanol–water partition coefficient (Wildman–Crippen LogP) is 6.94. The van der Waals surface area contributed by atoms with Gasteiger partial charge in [0.2, 0.25) is 0 Å². The van der Waals surface area contributed by atoms with Crippen molar-refractivity contribution in [1.82, 2.24) is 0 Å². The number of methoxy groups -OCH3 is 1. The monoisotopic (exact) mass is 601 g/mol. The number of carbonyl (C=O) groups excluding carboxylic acids is 2. The van der Waals surface area contributed by atoms with Crippen LogP contribution in [0.1, 0.15) is 16.7 Å². The van der Waals surface area contributed by atoms with Gasteiger partial charge in [0, 0.05) is 11.4 Å². The summed E-state index contributed by atoms with van der Waals surface area (Å²) < 4.78 is 11.6. The molecular weight excluding hydrogens is 581 g/mol. The van der Waals surface area contributed by atoms with Crippen LogP contribution in [0.3, 0.4) is 0 Å². The Morgan fingerprint density at radius 1 is 1.08 bits per heavy atom. The van der Waals surface area contributed by atoms with Gasteiger partial charge in [-0.05, 0) is 88.9 Å². The highest BCUT2D eigenvalue weighted by molar-refractivity contribution is 9.10. The highest BCUT2D eigenvalue weighted by Gasteiger charge is 2.16. The van der Waals surface area contributed by atoms with Crippen LogP contribution >= 0.6 is 39.1 Å². The van der Waals surface area contributed by atoms with Crippen LogP contribution in [-0.4, -0.2) is 25.5 Å². The molecule has 0 aliphatic heterocycles. The summed E-state index contributed by atoms with van der Waals surface area (Å²) in [6.07, 6.45) is 1.44. The molecule has 3 rings (SSSR count). The van der Waals surface area contributed by atoms with E-state index in [1.54, 1.807) is 30.3 Å². The largest absolute Gasteiger partial charge is 0.493 e. The Morgan fingerprint density at radius 2 is 1.84 bits per heavy atom. The SMILES string of the molecule is COc1cc(/C=C(/C#N)C(=O)Nc2cccc(C)c2C)cc(Br)c1OCC(=O)Nc1ccc(Cl)c(Cl)c1. The lowest BCUT2D eigenvalue weighted by atomic mass is 10.1. The molecule has 0 aromatic heterocycles. The molecule has 2 amide bonds. The lowest BCUT2D eigenvalue weighted by Crippen LogP contribution is -2.20. The third-order valence-corrected chi connectivity index (χ3v) is 6.66. The van der Waals surface area contributed by atoms with Gasteiger partial charge in [-0.15, -0.1) is 0 Å². The lowest BCUT2D eigenvalue weighted by molar-refractivity contribution is -0.118. The van der Waals surface area contributed by atoms with Crippen LogP contribution in [-0.2, 0) is 9.59 Å². The van der Waals surface area contributed by atoms with Crippen molar-refractivity contribution < 1.29 is 19.1 Å². The number of rotatable bonds is 8. The first-order valence-electron chi connectivity index (χ1n) is 10.9. The molecule has 0 saturated heterocycles. The van der Waals surface area contributed by atoms with Gasteiger partial charge >= 0.3 is 0 Å². The molecule has 3 aromatic carbocycles. The van der Waals surface area contributed by atoms with E-state index in [4.69, 9.17) is 32.7 Å². The zero-order valence-electron chi connectivity index (χ0n) is 20.1. The van der Waals surface area contributed by atoms with Crippen LogP contribution in [0.4, 0.5) is 11.4 Å². The van der Waals surface area contributed by atoms with Crippen molar-refractivity contribution in [1.29, 1.82) is 5.26 Å². The van der Waals surface area contributed by atoms with Gasteiger partial charge in [0.25, 0.3) is 11.8 Å². The zero-order valence-corrected chi connectivity index (χ0v) is 23.2. The number of carbonyl (C=O) groups is 2. The average Bonchev–Trinajstić information content (AvgIpc) is 2.86. The standard InChI is InChI=1S/C27H22BrCl2N3O4/c1-15-5-4-6-23(16(15)2)33-27(35)18(13-31)9-17-10-20(28)26(24(11-17)36-3)37-14-25(34)32-19-7-8-21(29)22(30)12-19/h4-12H,14H2,1-3H3,(H,32,34)(H,33,35)/b18-9-. The summed E-state index contributed by atoms with van der Waals surface area (Å²) in [6.45, 7) is 3.52. The Bertz CT molecular complexity index is 1430. The number of hydrogen-bond acceptors (Lipinski definition) is 5. The topological polar surface area (TPSA) is 100 Å². The fourth-order valence-electron chi connectivity index (χ4n) is 3.26. The highest BCUT2D eigenvalue weighted by Crippen LogP contribution is 2.37. The summed E-state index contributed by atoms with van der Waals surface area (Å²) in [5.41, 5.74) is 3.47. The second kappa shape index (κ2) is 12.6. The van der Waals surface area contributed by atoms with Crippen molar-refractivity contribution in [3.05, 3.63) is 85.3 Å². The van der Waals surface area contributed by atoms with E-state index >= 15 is 0 Å². The smallest absolute Gasteiger partial charge is 0.266 e. The van der Waals surface area contributed by atoms with E-state index < -0.39 is 11.8 Å². The molecule has 10 heteroatoms. The van der Waals surface area contributed by atoms with Crippen molar-refractivity contribution in [3.63, 3.8) is 0 Å². The van der Waals surface area contributed by atoms with Crippen molar-refractivity contribution in [2.75, 3.05) is 24.4 Å². The summed E-state index contributed by atoms with van der Waals surface area (Å²) in [7, 11) is 1.44. The third kappa shape index (κ3) is 7.26. The van der Waals surface area contributed by atoms with E-state index in [0.29, 0.717) is 37.2 Å². The molecule has 0 bridgehead atoms. The molecule has 0 aliphatic rings. The van der Waals surface area contributed by atoms with Gasteiger partial charge in [-0.1, -0.05) is 35.3 Å². The first kappa shape index (κ1) is 28.1.